The zero-order valence-electron chi connectivity index (χ0n) is 17.4. The highest BCUT2D eigenvalue weighted by molar-refractivity contribution is 7.22. The van der Waals surface area contributed by atoms with Gasteiger partial charge in [0.05, 0.1) is 24.8 Å². The number of aryl methyl sites for hydroxylation is 2. The molecule has 152 valence electrons. The van der Waals surface area contributed by atoms with E-state index in [0.717, 1.165) is 32.7 Å². The zero-order chi connectivity index (χ0) is 21.1. The molecule has 0 radical (unpaired) electrons. The number of ether oxygens (including phenoxy) is 1. The summed E-state index contributed by atoms with van der Waals surface area (Å²) in [6.45, 7) is 4.58. The second kappa shape index (κ2) is 8.67. The fourth-order valence-corrected chi connectivity index (χ4v) is 4.45. The van der Waals surface area contributed by atoms with E-state index >= 15 is 0 Å². The van der Waals surface area contributed by atoms with Crippen molar-refractivity contribution in [2.24, 2.45) is 0 Å². The van der Waals surface area contributed by atoms with Crippen molar-refractivity contribution in [3.63, 3.8) is 0 Å². The third kappa shape index (κ3) is 4.21. The van der Waals surface area contributed by atoms with E-state index in [1.807, 2.05) is 73.7 Å². The highest BCUT2D eigenvalue weighted by atomic mass is 32.1. The topological polar surface area (TPSA) is 42.4 Å². The van der Waals surface area contributed by atoms with Crippen LogP contribution in [0.4, 0.5) is 5.13 Å². The number of carbonyl (C=O) groups excluding carboxylic acids is 1. The van der Waals surface area contributed by atoms with Gasteiger partial charge >= 0.3 is 0 Å². The van der Waals surface area contributed by atoms with E-state index in [9.17, 15) is 4.79 Å². The van der Waals surface area contributed by atoms with Crippen LogP contribution in [0.3, 0.4) is 0 Å². The molecule has 0 unspecified atom stereocenters. The van der Waals surface area contributed by atoms with Crippen LogP contribution in [0, 0.1) is 13.8 Å². The lowest BCUT2D eigenvalue weighted by Crippen LogP contribution is -2.31. The first-order chi connectivity index (χ1) is 14.5. The molecule has 1 amide bonds. The van der Waals surface area contributed by atoms with Gasteiger partial charge in [-0.15, -0.1) is 0 Å². The predicted molar refractivity (Wildman–Crippen MR) is 123 cm³/mol. The number of nitrogens with zero attached hydrogens (tertiary/aromatic N) is 2. The number of anilines is 1. The number of hydrogen-bond donors (Lipinski definition) is 0. The van der Waals surface area contributed by atoms with Gasteiger partial charge in [-0.1, -0.05) is 77.6 Å². The van der Waals surface area contributed by atoms with Gasteiger partial charge < -0.3 is 4.74 Å². The minimum Gasteiger partial charge on any atom is -0.494 e. The number of fused-ring (bicyclic) bond motifs is 1. The second-order valence-corrected chi connectivity index (χ2v) is 8.36. The molecule has 4 nitrogen and oxygen atoms in total. The average Bonchev–Trinajstić information content (AvgIpc) is 3.21. The van der Waals surface area contributed by atoms with Crippen molar-refractivity contribution >= 4 is 32.6 Å². The van der Waals surface area contributed by atoms with E-state index in [1.165, 1.54) is 16.9 Å². The summed E-state index contributed by atoms with van der Waals surface area (Å²) in [5, 5.41) is 0.693. The van der Waals surface area contributed by atoms with Gasteiger partial charge in [0.1, 0.15) is 11.3 Å². The Morgan fingerprint density at radius 3 is 2.40 bits per heavy atom. The molecular weight excluding hydrogens is 392 g/mol. The average molecular weight is 417 g/mol. The molecule has 0 aliphatic carbocycles. The summed E-state index contributed by atoms with van der Waals surface area (Å²) in [6.07, 6.45) is 0.332. The monoisotopic (exact) mass is 416 g/mol. The van der Waals surface area contributed by atoms with Crippen LogP contribution in [0.1, 0.15) is 22.3 Å². The smallest absolute Gasteiger partial charge is 0.233 e. The maximum atomic E-state index is 13.4. The summed E-state index contributed by atoms with van der Waals surface area (Å²) < 4.78 is 6.55. The Morgan fingerprint density at radius 1 is 0.967 bits per heavy atom. The number of rotatable bonds is 6. The van der Waals surface area contributed by atoms with E-state index in [1.54, 1.807) is 12.0 Å². The molecule has 1 heterocycles. The summed E-state index contributed by atoms with van der Waals surface area (Å²) in [4.78, 5) is 20.0. The van der Waals surface area contributed by atoms with E-state index in [0.29, 0.717) is 18.1 Å². The molecule has 4 aromatic rings. The lowest BCUT2D eigenvalue weighted by Gasteiger charge is -2.20. The van der Waals surface area contributed by atoms with Crippen molar-refractivity contribution in [3.05, 3.63) is 89.0 Å². The van der Waals surface area contributed by atoms with E-state index in [2.05, 4.69) is 6.92 Å². The van der Waals surface area contributed by atoms with Gasteiger partial charge in [-0.3, -0.25) is 9.69 Å². The summed E-state index contributed by atoms with van der Waals surface area (Å²) >= 11 is 1.54. The molecule has 0 bridgehead atoms. The van der Waals surface area contributed by atoms with Crippen LogP contribution in [0.25, 0.3) is 10.2 Å². The van der Waals surface area contributed by atoms with Crippen molar-refractivity contribution in [2.75, 3.05) is 12.0 Å². The molecule has 0 aliphatic heterocycles. The molecule has 1 aromatic heterocycles. The van der Waals surface area contributed by atoms with Gasteiger partial charge in [-0.25, -0.2) is 4.98 Å². The lowest BCUT2D eigenvalue weighted by molar-refractivity contribution is -0.118. The molecule has 0 atom stereocenters. The first-order valence-electron chi connectivity index (χ1n) is 9.89. The quantitative estimate of drug-likeness (QED) is 0.405. The van der Waals surface area contributed by atoms with Gasteiger partial charge in [-0.05, 0) is 36.6 Å². The summed E-state index contributed by atoms with van der Waals surface area (Å²) in [5.74, 6) is 0.752. The van der Waals surface area contributed by atoms with Crippen molar-refractivity contribution in [1.82, 2.24) is 4.98 Å². The first kappa shape index (κ1) is 20.1. The van der Waals surface area contributed by atoms with E-state index in [-0.39, 0.29) is 5.91 Å². The van der Waals surface area contributed by atoms with Gasteiger partial charge in [-0.2, -0.15) is 0 Å². The standard InChI is InChI=1S/C25H24N2O2S/c1-17-9-12-19(13-10-17)15-22(28)27(16-20-7-5-4-6-8-20)25-26-23-21(29-3)14-11-18(2)24(23)30-25/h4-14H,15-16H2,1-3H3. The molecule has 0 fully saturated rings. The van der Waals surface area contributed by atoms with Crippen molar-refractivity contribution in [1.29, 1.82) is 0 Å². The number of aromatic nitrogens is 1. The number of carbonyl (C=O) groups is 1. The Kier molecular flexibility index (Phi) is 5.81. The molecule has 5 heteroatoms. The Hall–Kier alpha value is -3.18. The van der Waals surface area contributed by atoms with Crippen LogP contribution in [-0.2, 0) is 17.8 Å². The van der Waals surface area contributed by atoms with Crippen LogP contribution in [-0.4, -0.2) is 18.0 Å². The Balaban J connectivity index is 1.73. The molecule has 0 N–H and O–H groups in total. The normalized spacial score (nSPS) is 10.9. The molecule has 0 saturated carbocycles. The number of thiazole rings is 1. The molecular formula is C25H24N2O2S. The largest absolute Gasteiger partial charge is 0.494 e. The van der Waals surface area contributed by atoms with Gasteiger partial charge in [0.15, 0.2) is 5.13 Å². The first-order valence-corrected chi connectivity index (χ1v) is 10.7. The maximum Gasteiger partial charge on any atom is 0.233 e. The SMILES string of the molecule is COc1ccc(C)c2sc(N(Cc3ccccc3)C(=O)Cc3ccc(C)cc3)nc12. The lowest BCUT2D eigenvalue weighted by atomic mass is 10.1. The summed E-state index contributed by atoms with van der Waals surface area (Å²) in [7, 11) is 1.65. The minimum absolute atomic E-state index is 0.0263. The number of amides is 1. The van der Waals surface area contributed by atoms with E-state index in [4.69, 9.17) is 9.72 Å². The van der Waals surface area contributed by atoms with Gasteiger partial charge in [0, 0.05) is 0 Å². The molecule has 3 aromatic carbocycles. The van der Waals surface area contributed by atoms with Crippen molar-refractivity contribution in [2.45, 2.75) is 26.8 Å². The molecule has 0 aliphatic rings. The van der Waals surface area contributed by atoms with Crippen LogP contribution in [0.2, 0.25) is 0 Å². The summed E-state index contributed by atoms with van der Waals surface area (Å²) in [5.41, 5.74) is 5.18. The summed E-state index contributed by atoms with van der Waals surface area (Å²) in [6, 6.07) is 22.1. The Morgan fingerprint density at radius 2 is 1.70 bits per heavy atom. The van der Waals surface area contributed by atoms with Crippen LogP contribution in [0.5, 0.6) is 5.75 Å². The van der Waals surface area contributed by atoms with E-state index < -0.39 is 0 Å². The number of benzene rings is 3. The molecule has 4 rings (SSSR count). The van der Waals surface area contributed by atoms with Crippen LogP contribution < -0.4 is 9.64 Å². The predicted octanol–water partition coefficient (Wildman–Crippen LogP) is 5.70. The fourth-order valence-electron chi connectivity index (χ4n) is 3.38. The van der Waals surface area contributed by atoms with Crippen molar-refractivity contribution < 1.29 is 9.53 Å². The third-order valence-corrected chi connectivity index (χ3v) is 6.32. The minimum atomic E-state index is 0.0263. The molecule has 0 spiro atoms. The Labute approximate surface area is 180 Å². The Bertz CT molecular complexity index is 1170. The fraction of sp³-hybridized carbons (Fsp3) is 0.200. The highest BCUT2D eigenvalue weighted by Crippen LogP contribution is 2.37. The number of hydrogen-bond acceptors (Lipinski definition) is 4. The van der Waals surface area contributed by atoms with Gasteiger partial charge in [0.25, 0.3) is 0 Å². The van der Waals surface area contributed by atoms with Crippen LogP contribution >= 0.6 is 11.3 Å². The van der Waals surface area contributed by atoms with Crippen molar-refractivity contribution in [3.8, 4) is 5.75 Å². The number of methoxy groups -OCH3 is 1. The third-order valence-electron chi connectivity index (χ3n) is 5.10. The van der Waals surface area contributed by atoms with Crippen LogP contribution in [0.15, 0.2) is 66.7 Å². The molecule has 0 saturated heterocycles. The second-order valence-electron chi connectivity index (χ2n) is 7.39. The molecule has 30 heavy (non-hydrogen) atoms. The zero-order valence-corrected chi connectivity index (χ0v) is 18.2. The highest BCUT2D eigenvalue weighted by Gasteiger charge is 2.22. The maximum absolute atomic E-state index is 13.4. The van der Waals surface area contributed by atoms with Gasteiger partial charge in [0.2, 0.25) is 5.91 Å².